The average Bonchev–Trinajstić information content (AvgIpc) is 3.37. The Balaban J connectivity index is 4.42. The van der Waals surface area contributed by atoms with E-state index in [9.17, 15) is 14.4 Å². The maximum absolute atomic E-state index is 12.9. The number of ether oxygens (including phenoxy) is 3. The van der Waals surface area contributed by atoms with Gasteiger partial charge in [-0.1, -0.05) is 241 Å². The molecule has 0 fully saturated rings. The topological polar surface area (TPSA) is 78.9 Å². The van der Waals surface area contributed by atoms with Crippen molar-refractivity contribution in [1.82, 2.24) is 0 Å². The second-order valence-electron chi connectivity index (χ2n) is 19.9. The lowest BCUT2D eigenvalue weighted by atomic mass is 10.1. The zero-order chi connectivity index (χ0) is 51.4. The minimum absolute atomic E-state index is 0.0890. The maximum atomic E-state index is 12.9. The molecule has 0 aliphatic heterocycles. The molecule has 71 heavy (non-hydrogen) atoms. The fraction of sp³-hybridized carbons (Fsp3) is 0.738. The van der Waals surface area contributed by atoms with Crippen molar-refractivity contribution in [1.29, 1.82) is 0 Å². The van der Waals surface area contributed by atoms with Gasteiger partial charge in [0.2, 0.25) is 0 Å². The van der Waals surface area contributed by atoms with E-state index >= 15 is 0 Å². The van der Waals surface area contributed by atoms with Gasteiger partial charge in [0.15, 0.2) is 6.10 Å². The molecule has 0 radical (unpaired) electrons. The van der Waals surface area contributed by atoms with Crippen molar-refractivity contribution < 1.29 is 28.6 Å². The van der Waals surface area contributed by atoms with Gasteiger partial charge < -0.3 is 14.2 Å². The molecule has 0 aromatic carbocycles. The summed E-state index contributed by atoms with van der Waals surface area (Å²) in [6.07, 6.45) is 77.1. The predicted octanol–water partition coefficient (Wildman–Crippen LogP) is 20.3. The minimum atomic E-state index is -0.792. The summed E-state index contributed by atoms with van der Waals surface area (Å²) in [7, 11) is 0. The van der Waals surface area contributed by atoms with Crippen LogP contribution in [0.4, 0.5) is 0 Å². The molecule has 6 heteroatoms. The van der Waals surface area contributed by atoms with Crippen LogP contribution in [0.1, 0.15) is 290 Å². The number of rotatable bonds is 54. The van der Waals surface area contributed by atoms with Gasteiger partial charge in [-0.15, -0.1) is 0 Å². The summed E-state index contributed by atoms with van der Waals surface area (Å²) in [5.41, 5.74) is 0. The van der Waals surface area contributed by atoms with Crippen LogP contribution in [-0.2, 0) is 28.6 Å². The highest BCUT2D eigenvalue weighted by Crippen LogP contribution is 2.15. The van der Waals surface area contributed by atoms with Crippen LogP contribution in [-0.4, -0.2) is 37.2 Å². The van der Waals surface area contributed by atoms with Gasteiger partial charge >= 0.3 is 17.9 Å². The van der Waals surface area contributed by atoms with Crippen molar-refractivity contribution in [3.05, 3.63) is 85.1 Å². The first kappa shape index (κ1) is 67.6. The zero-order valence-electron chi connectivity index (χ0n) is 46.7. The number of unbranched alkanes of at least 4 members (excludes halogenated alkanes) is 29. The van der Waals surface area contributed by atoms with Crippen molar-refractivity contribution in [3.63, 3.8) is 0 Å². The summed E-state index contributed by atoms with van der Waals surface area (Å²) < 4.78 is 16.9. The van der Waals surface area contributed by atoms with Crippen molar-refractivity contribution >= 4 is 17.9 Å². The molecule has 0 aromatic heterocycles. The van der Waals surface area contributed by atoms with Gasteiger partial charge in [-0.2, -0.15) is 0 Å². The number of hydrogen-bond donors (Lipinski definition) is 0. The molecule has 0 heterocycles. The fourth-order valence-electron chi connectivity index (χ4n) is 8.34. The quantitative estimate of drug-likeness (QED) is 0.0261. The molecule has 0 N–H and O–H groups in total. The van der Waals surface area contributed by atoms with E-state index in [0.29, 0.717) is 19.3 Å². The lowest BCUT2D eigenvalue weighted by Gasteiger charge is -2.18. The Morgan fingerprint density at radius 1 is 0.296 bits per heavy atom. The Labute approximate surface area is 439 Å². The van der Waals surface area contributed by atoms with Crippen LogP contribution >= 0.6 is 0 Å². The molecule has 0 aliphatic rings. The van der Waals surface area contributed by atoms with Crippen molar-refractivity contribution in [2.24, 2.45) is 0 Å². The van der Waals surface area contributed by atoms with E-state index in [-0.39, 0.29) is 31.1 Å². The summed E-state index contributed by atoms with van der Waals surface area (Å²) in [5.74, 6) is -0.912. The van der Waals surface area contributed by atoms with Gasteiger partial charge in [-0.3, -0.25) is 14.4 Å². The molecule has 1 atom stereocenters. The molecule has 0 aliphatic carbocycles. The number of hydrogen-bond acceptors (Lipinski definition) is 6. The van der Waals surface area contributed by atoms with Gasteiger partial charge in [-0.25, -0.2) is 0 Å². The third-order valence-corrected chi connectivity index (χ3v) is 12.9. The Morgan fingerprint density at radius 3 is 0.873 bits per heavy atom. The van der Waals surface area contributed by atoms with Crippen LogP contribution in [0.15, 0.2) is 85.1 Å². The molecule has 408 valence electrons. The Bertz CT molecular complexity index is 1370. The average molecular weight is 990 g/mol. The molecule has 0 rings (SSSR count). The Kier molecular flexibility index (Phi) is 56.3. The number of carbonyl (C=O) groups excluding carboxylic acids is 3. The van der Waals surface area contributed by atoms with Crippen LogP contribution in [0.3, 0.4) is 0 Å². The second kappa shape index (κ2) is 59.2. The first-order chi connectivity index (χ1) is 35.0. The molecule has 0 saturated carbocycles. The maximum Gasteiger partial charge on any atom is 0.306 e. The SMILES string of the molecule is CC/C=C\C/C=C\C/C=C\CCCCCCCCCC(=O)OC(COC(=O)CCCCCCC/C=C\CCCCCCCC)COC(=O)CCCCCCCC/C=C\C/C=C\C/C=C\CCCCCCC. The third kappa shape index (κ3) is 57.4. The summed E-state index contributed by atoms with van der Waals surface area (Å²) in [4.78, 5) is 38.2. The van der Waals surface area contributed by atoms with Gasteiger partial charge in [0.25, 0.3) is 0 Å². The normalized spacial score (nSPS) is 12.7. The summed E-state index contributed by atoms with van der Waals surface area (Å²) in [6.45, 7) is 6.51. The Hall–Kier alpha value is -3.41. The first-order valence-electron chi connectivity index (χ1n) is 30.1. The third-order valence-electron chi connectivity index (χ3n) is 12.9. The zero-order valence-corrected chi connectivity index (χ0v) is 46.7. The van der Waals surface area contributed by atoms with E-state index in [4.69, 9.17) is 14.2 Å². The van der Waals surface area contributed by atoms with E-state index < -0.39 is 6.10 Å². The molecule has 0 amide bonds. The lowest BCUT2D eigenvalue weighted by Crippen LogP contribution is -2.30. The molecular weight excluding hydrogens is 877 g/mol. The van der Waals surface area contributed by atoms with E-state index in [1.54, 1.807) is 0 Å². The molecule has 0 aromatic rings. The van der Waals surface area contributed by atoms with Gasteiger partial charge in [0.05, 0.1) is 0 Å². The van der Waals surface area contributed by atoms with Crippen molar-refractivity contribution in [2.75, 3.05) is 13.2 Å². The van der Waals surface area contributed by atoms with Crippen LogP contribution in [0.5, 0.6) is 0 Å². The first-order valence-corrected chi connectivity index (χ1v) is 30.1. The summed E-state index contributed by atoms with van der Waals surface area (Å²) in [5, 5.41) is 0. The van der Waals surface area contributed by atoms with Crippen LogP contribution in [0.25, 0.3) is 0 Å². The molecule has 0 spiro atoms. The van der Waals surface area contributed by atoms with Crippen molar-refractivity contribution in [2.45, 2.75) is 297 Å². The fourth-order valence-corrected chi connectivity index (χ4v) is 8.34. The molecular formula is C65H112O6. The van der Waals surface area contributed by atoms with Crippen LogP contribution < -0.4 is 0 Å². The minimum Gasteiger partial charge on any atom is -0.462 e. The van der Waals surface area contributed by atoms with E-state index in [1.165, 1.54) is 141 Å². The largest absolute Gasteiger partial charge is 0.462 e. The monoisotopic (exact) mass is 989 g/mol. The predicted molar refractivity (Wildman–Crippen MR) is 307 cm³/mol. The highest BCUT2D eigenvalue weighted by atomic mass is 16.6. The number of esters is 3. The van der Waals surface area contributed by atoms with Crippen LogP contribution in [0, 0.1) is 0 Å². The van der Waals surface area contributed by atoms with E-state index in [1.807, 2.05) is 0 Å². The Morgan fingerprint density at radius 2 is 0.549 bits per heavy atom. The molecule has 0 bridgehead atoms. The summed E-state index contributed by atoms with van der Waals surface area (Å²) in [6, 6.07) is 0. The van der Waals surface area contributed by atoms with Gasteiger partial charge in [-0.05, 0) is 116 Å². The highest BCUT2D eigenvalue weighted by Gasteiger charge is 2.19. The van der Waals surface area contributed by atoms with Gasteiger partial charge in [0, 0.05) is 19.3 Å². The standard InChI is InChI=1S/C65H112O6/c1-4-7-10-13-16-19-22-25-28-30-31-32-33-35-37-40-43-46-49-52-55-58-64(67)70-61-62(60-69-63(66)57-54-51-48-45-42-39-36-27-24-21-18-15-12-9-6-3)71-65(68)59-56-53-50-47-44-41-38-34-29-26-23-20-17-14-11-8-5-2/h8,11,17,20,22,25-27,29-31,33,35-36,62H,4-7,9-10,12-16,18-19,21,23-24,28,32,34,37-61H2,1-3H3/b11-8-,20-17-,25-22-,29-26-,31-30-,35-33-,36-27-. The number of carbonyl (C=O) groups is 3. The number of allylic oxidation sites excluding steroid dienone is 14. The summed E-state index contributed by atoms with van der Waals surface area (Å²) >= 11 is 0. The molecule has 6 nitrogen and oxygen atoms in total. The smallest absolute Gasteiger partial charge is 0.306 e. The second-order valence-corrected chi connectivity index (χ2v) is 19.9. The molecule has 1 unspecified atom stereocenters. The van der Waals surface area contributed by atoms with Crippen molar-refractivity contribution in [3.8, 4) is 0 Å². The lowest BCUT2D eigenvalue weighted by molar-refractivity contribution is -0.167. The van der Waals surface area contributed by atoms with Gasteiger partial charge in [0.1, 0.15) is 13.2 Å². The highest BCUT2D eigenvalue weighted by molar-refractivity contribution is 5.71. The van der Waals surface area contributed by atoms with Crippen LogP contribution in [0.2, 0.25) is 0 Å². The van der Waals surface area contributed by atoms with E-state index in [2.05, 4.69) is 106 Å². The van der Waals surface area contributed by atoms with E-state index in [0.717, 1.165) is 109 Å². The molecule has 0 saturated heterocycles.